The molecule has 0 unspecified atom stereocenters. The van der Waals surface area contributed by atoms with E-state index in [0.717, 1.165) is 23.4 Å². The number of carbonyl (C=O) groups is 1. The molecule has 0 radical (unpaired) electrons. The number of carbonyl (C=O) groups excluding carboxylic acids is 1. The molecule has 4 nitrogen and oxygen atoms in total. The maximum atomic E-state index is 12.9. The van der Waals surface area contributed by atoms with Gasteiger partial charge < -0.3 is 5.32 Å². The molecule has 22 heavy (non-hydrogen) atoms. The summed E-state index contributed by atoms with van der Waals surface area (Å²) in [5, 5.41) is 3.79. The molecule has 0 bridgehead atoms. The molecule has 1 aromatic carbocycles. The molecule has 2 aromatic heterocycles. The van der Waals surface area contributed by atoms with E-state index in [1.807, 2.05) is 24.3 Å². The lowest BCUT2D eigenvalue weighted by Crippen LogP contribution is -2.25. The average Bonchev–Trinajstić information content (AvgIpc) is 2.94. The number of thiazole rings is 1. The Morgan fingerprint density at radius 1 is 1.14 bits per heavy atom. The van der Waals surface area contributed by atoms with E-state index in [-0.39, 0.29) is 11.6 Å². The van der Waals surface area contributed by atoms with Gasteiger partial charge in [-0.2, -0.15) is 4.39 Å². The lowest BCUT2D eigenvalue weighted by atomic mass is 10.3. The van der Waals surface area contributed by atoms with Crippen molar-refractivity contribution in [1.82, 2.24) is 15.3 Å². The van der Waals surface area contributed by atoms with Gasteiger partial charge in [-0.25, -0.2) is 9.97 Å². The number of hydrogen-bond donors (Lipinski definition) is 1. The molecule has 1 amide bonds. The SMILES string of the molecule is O=C(NCCCc1nc2ccccc2s1)c1cccc(F)n1. The third-order valence-corrected chi connectivity index (χ3v) is 4.24. The van der Waals surface area contributed by atoms with Crippen molar-refractivity contribution < 1.29 is 9.18 Å². The molecule has 0 saturated carbocycles. The molecular formula is C16H14FN3OS. The Morgan fingerprint density at radius 2 is 2.00 bits per heavy atom. The molecule has 0 aliphatic carbocycles. The van der Waals surface area contributed by atoms with Gasteiger partial charge in [0, 0.05) is 13.0 Å². The van der Waals surface area contributed by atoms with Crippen LogP contribution in [0.3, 0.4) is 0 Å². The van der Waals surface area contributed by atoms with E-state index in [4.69, 9.17) is 0 Å². The highest BCUT2D eigenvalue weighted by Crippen LogP contribution is 2.22. The maximum absolute atomic E-state index is 12.9. The van der Waals surface area contributed by atoms with Crippen molar-refractivity contribution in [2.75, 3.05) is 6.54 Å². The Balaban J connectivity index is 1.50. The molecule has 0 aliphatic heterocycles. The fraction of sp³-hybridized carbons (Fsp3) is 0.188. The summed E-state index contributed by atoms with van der Waals surface area (Å²) in [5.74, 6) is -1.01. The molecule has 3 aromatic rings. The van der Waals surface area contributed by atoms with Crippen molar-refractivity contribution in [3.8, 4) is 0 Å². The summed E-state index contributed by atoms with van der Waals surface area (Å²) >= 11 is 1.67. The highest BCUT2D eigenvalue weighted by Gasteiger charge is 2.08. The quantitative estimate of drug-likeness (QED) is 0.581. The van der Waals surface area contributed by atoms with Crippen LogP contribution in [-0.4, -0.2) is 22.4 Å². The second-order valence-electron chi connectivity index (χ2n) is 4.78. The Labute approximate surface area is 131 Å². The number of benzene rings is 1. The van der Waals surface area contributed by atoms with Gasteiger partial charge in [0.1, 0.15) is 5.69 Å². The van der Waals surface area contributed by atoms with Crippen molar-refractivity contribution in [2.45, 2.75) is 12.8 Å². The van der Waals surface area contributed by atoms with Crippen LogP contribution in [0.5, 0.6) is 0 Å². The van der Waals surface area contributed by atoms with E-state index in [0.29, 0.717) is 6.54 Å². The molecule has 6 heteroatoms. The largest absolute Gasteiger partial charge is 0.351 e. The zero-order valence-corrected chi connectivity index (χ0v) is 12.6. The van der Waals surface area contributed by atoms with Crippen molar-refractivity contribution in [3.63, 3.8) is 0 Å². The Bertz CT molecular complexity index is 770. The van der Waals surface area contributed by atoms with Crippen molar-refractivity contribution in [3.05, 3.63) is 59.1 Å². The fourth-order valence-electron chi connectivity index (χ4n) is 2.09. The Morgan fingerprint density at radius 3 is 2.82 bits per heavy atom. The van der Waals surface area contributed by atoms with Crippen LogP contribution < -0.4 is 5.32 Å². The van der Waals surface area contributed by atoms with Crippen LogP contribution in [0.4, 0.5) is 4.39 Å². The first kappa shape index (κ1) is 14.6. The van der Waals surface area contributed by atoms with Crippen LogP contribution >= 0.6 is 11.3 Å². The van der Waals surface area contributed by atoms with Crippen LogP contribution in [0.15, 0.2) is 42.5 Å². The van der Waals surface area contributed by atoms with Gasteiger partial charge in [-0.05, 0) is 30.7 Å². The summed E-state index contributed by atoms with van der Waals surface area (Å²) in [5.41, 5.74) is 1.11. The molecule has 0 aliphatic rings. The first-order chi connectivity index (χ1) is 10.7. The lowest BCUT2D eigenvalue weighted by Gasteiger charge is -2.03. The normalized spacial score (nSPS) is 10.8. The van der Waals surface area contributed by atoms with Crippen molar-refractivity contribution >= 4 is 27.5 Å². The van der Waals surface area contributed by atoms with E-state index in [1.165, 1.54) is 22.9 Å². The minimum Gasteiger partial charge on any atom is -0.351 e. The van der Waals surface area contributed by atoms with Crippen LogP contribution in [0, 0.1) is 5.95 Å². The molecule has 3 rings (SSSR count). The second kappa shape index (κ2) is 6.62. The summed E-state index contributed by atoms with van der Waals surface area (Å²) in [4.78, 5) is 19.9. The molecular weight excluding hydrogens is 301 g/mol. The van der Waals surface area contributed by atoms with E-state index in [9.17, 15) is 9.18 Å². The zero-order chi connectivity index (χ0) is 15.4. The van der Waals surface area contributed by atoms with Gasteiger partial charge in [0.25, 0.3) is 5.91 Å². The zero-order valence-electron chi connectivity index (χ0n) is 11.8. The summed E-state index contributed by atoms with van der Waals surface area (Å²) in [6.45, 7) is 0.507. The summed E-state index contributed by atoms with van der Waals surface area (Å²) < 4.78 is 14.1. The van der Waals surface area contributed by atoms with Gasteiger partial charge in [-0.1, -0.05) is 18.2 Å². The van der Waals surface area contributed by atoms with Crippen LogP contribution in [0.2, 0.25) is 0 Å². The van der Waals surface area contributed by atoms with Gasteiger partial charge in [0.2, 0.25) is 5.95 Å². The molecule has 0 fully saturated rings. The number of aryl methyl sites for hydroxylation is 1. The Kier molecular flexibility index (Phi) is 4.39. The van der Waals surface area contributed by atoms with E-state index >= 15 is 0 Å². The summed E-state index contributed by atoms with van der Waals surface area (Å²) in [6, 6.07) is 12.2. The van der Waals surface area contributed by atoms with Crippen LogP contribution in [0.25, 0.3) is 10.2 Å². The molecule has 0 spiro atoms. The highest BCUT2D eigenvalue weighted by molar-refractivity contribution is 7.18. The van der Waals surface area contributed by atoms with Gasteiger partial charge in [0.15, 0.2) is 0 Å². The third-order valence-electron chi connectivity index (χ3n) is 3.14. The topological polar surface area (TPSA) is 54.9 Å². The summed E-state index contributed by atoms with van der Waals surface area (Å²) in [7, 11) is 0. The number of amides is 1. The minimum absolute atomic E-state index is 0.0972. The van der Waals surface area contributed by atoms with Crippen molar-refractivity contribution in [2.24, 2.45) is 0 Å². The lowest BCUT2D eigenvalue weighted by molar-refractivity contribution is 0.0947. The maximum Gasteiger partial charge on any atom is 0.269 e. The van der Waals surface area contributed by atoms with Crippen LogP contribution in [-0.2, 0) is 6.42 Å². The van der Waals surface area contributed by atoms with Gasteiger partial charge in [-0.3, -0.25) is 4.79 Å². The fourth-order valence-corrected chi connectivity index (χ4v) is 3.10. The molecule has 0 atom stereocenters. The highest BCUT2D eigenvalue weighted by atomic mass is 32.1. The predicted octanol–water partition coefficient (Wildman–Crippen LogP) is 3.19. The monoisotopic (exact) mass is 315 g/mol. The average molecular weight is 315 g/mol. The number of nitrogens with one attached hydrogen (secondary N) is 1. The first-order valence-corrected chi connectivity index (χ1v) is 7.79. The van der Waals surface area contributed by atoms with Gasteiger partial charge in [-0.15, -0.1) is 11.3 Å². The molecule has 0 saturated heterocycles. The smallest absolute Gasteiger partial charge is 0.269 e. The number of rotatable bonds is 5. The number of para-hydroxylation sites is 1. The standard InChI is InChI=1S/C16H14FN3OS/c17-14-8-3-6-12(19-14)16(21)18-10-4-9-15-20-11-5-1-2-7-13(11)22-15/h1-3,5-8H,4,9-10H2,(H,18,21). The number of halogens is 1. The minimum atomic E-state index is -0.651. The first-order valence-electron chi connectivity index (χ1n) is 6.97. The van der Waals surface area contributed by atoms with Gasteiger partial charge >= 0.3 is 0 Å². The van der Waals surface area contributed by atoms with E-state index in [1.54, 1.807) is 11.3 Å². The number of hydrogen-bond acceptors (Lipinski definition) is 4. The number of aromatic nitrogens is 2. The second-order valence-corrected chi connectivity index (χ2v) is 5.90. The van der Waals surface area contributed by atoms with Crippen LogP contribution in [0.1, 0.15) is 21.9 Å². The Hall–Kier alpha value is -2.34. The number of fused-ring (bicyclic) bond motifs is 1. The summed E-state index contributed by atoms with van der Waals surface area (Å²) in [6.07, 6.45) is 1.58. The molecule has 1 N–H and O–H groups in total. The third kappa shape index (κ3) is 3.46. The number of pyridine rings is 1. The van der Waals surface area contributed by atoms with Crippen molar-refractivity contribution in [1.29, 1.82) is 0 Å². The predicted molar refractivity (Wildman–Crippen MR) is 84.5 cm³/mol. The molecule has 112 valence electrons. The van der Waals surface area contributed by atoms with Gasteiger partial charge in [0.05, 0.1) is 15.2 Å². The van der Waals surface area contributed by atoms with E-state index < -0.39 is 5.95 Å². The number of nitrogens with zero attached hydrogens (tertiary/aromatic N) is 2. The van der Waals surface area contributed by atoms with E-state index in [2.05, 4.69) is 15.3 Å². The molecule has 2 heterocycles.